The van der Waals surface area contributed by atoms with E-state index in [1.165, 1.54) is 24.3 Å². The molecule has 3 nitrogen and oxygen atoms in total. The van der Waals surface area contributed by atoms with Crippen molar-refractivity contribution >= 4 is 11.9 Å². The molecule has 1 aliphatic heterocycles. The minimum atomic E-state index is -0.967. The maximum Gasteiger partial charge on any atom is 0.324 e. The lowest BCUT2D eigenvalue weighted by Gasteiger charge is -2.17. The standard InChI is InChI=1S/C11H9FO3/c1-11(6-9(13)15-10(11)14)7-2-4-8(12)5-3-7/h2-5H,6H2,1H3/t11-/m0/s1. The second-order valence-corrected chi connectivity index (χ2v) is 3.78. The Hall–Kier alpha value is -1.71. The van der Waals surface area contributed by atoms with Gasteiger partial charge in [-0.25, -0.2) is 4.39 Å². The Labute approximate surface area is 85.9 Å². The molecule has 0 saturated carbocycles. The number of carbonyl (C=O) groups is 2. The molecule has 1 aromatic carbocycles. The first-order valence-corrected chi connectivity index (χ1v) is 4.53. The number of hydrogen-bond donors (Lipinski definition) is 0. The van der Waals surface area contributed by atoms with E-state index in [9.17, 15) is 14.0 Å². The second kappa shape index (κ2) is 3.15. The topological polar surface area (TPSA) is 43.4 Å². The minimum Gasteiger partial charge on any atom is -0.392 e. The molecule has 0 spiro atoms. The van der Waals surface area contributed by atoms with Crippen molar-refractivity contribution in [2.24, 2.45) is 0 Å². The van der Waals surface area contributed by atoms with Crippen molar-refractivity contribution < 1.29 is 18.7 Å². The van der Waals surface area contributed by atoms with Crippen LogP contribution in [0, 0.1) is 5.82 Å². The van der Waals surface area contributed by atoms with Crippen molar-refractivity contribution in [3.8, 4) is 0 Å². The van der Waals surface area contributed by atoms with Gasteiger partial charge in [-0.2, -0.15) is 0 Å². The summed E-state index contributed by atoms with van der Waals surface area (Å²) in [7, 11) is 0. The fourth-order valence-electron chi connectivity index (χ4n) is 1.65. The molecule has 0 unspecified atom stereocenters. The Morgan fingerprint density at radius 3 is 2.33 bits per heavy atom. The van der Waals surface area contributed by atoms with Crippen LogP contribution in [0.1, 0.15) is 18.9 Å². The fourth-order valence-corrected chi connectivity index (χ4v) is 1.65. The van der Waals surface area contributed by atoms with Crippen LogP contribution in [0.15, 0.2) is 24.3 Å². The van der Waals surface area contributed by atoms with Crippen molar-refractivity contribution in [2.75, 3.05) is 0 Å². The molecule has 0 bridgehead atoms. The van der Waals surface area contributed by atoms with Crippen molar-refractivity contribution in [3.05, 3.63) is 35.6 Å². The lowest BCUT2D eigenvalue weighted by atomic mass is 9.81. The van der Waals surface area contributed by atoms with Gasteiger partial charge in [0.15, 0.2) is 0 Å². The highest BCUT2D eigenvalue weighted by Crippen LogP contribution is 2.34. The van der Waals surface area contributed by atoms with Gasteiger partial charge < -0.3 is 4.74 Å². The quantitative estimate of drug-likeness (QED) is 0.519. The Kier molecular flexibility index (Phi) is 2.07. The Balaban J connectivity index is 2.41. The summed E-state index contributed by atoms with van der Waals surface area (Å²) in [6.07, 6.45) is 0.0114. The van der Waals surface area contributed by atoms with Gasteiger partial charge in [-0.1, -0.05) is 12.1 Å². The average Bonchev–Trinajstić information content (AvgIpc) is 2.42. The van der Waals surface area contributed by atoms with Crippen LogP contribution in [-0.4, -0.2) is 11.9 Å². The Morgan fingerprint density at radius 1 is 1.27 bits per heavy atom. The number of hydrogen-bond acceptors (Lipinski definition) is 3. The number of carbonyl (C=O) groups excluding carboxylic acids is 2. The van der Waals surface area contributed by atoms with E-state index in [-0.39, 0.29) is 12.2 Å². The summed E-state index contributed by atoms with van der Waals surface area (Å²) < 4.78 is 17.2. The lowest BCUT2D eigenvalue weighted by molar-refractivity contribution is -0.153. The van der Waals surface area contributed by atoms with E-state index in [1.807, 2.05) is 0 Å². The third-order valence-electron chi connectivity index (χ3n) is 2.64. The van der Waals surface area contributed by atoms with E-state index >= 15 is 0 Å². The van der Waals surface area contributed by atoms with Gasteiger partial charge >= 0.3 is 11.9 Å². The van der Waals surface area contributed by atoms with Crippen LogP contribution in [0.2, 0.25) is 0 Å². The fraction of sp³-hybridized carbons (Fsp3) is 0.273. The van der Waals surface area contributed by atoms with E-state index in [1.54, 1.807) is 6.92 Å². The normalized spacial score (nSPS) is 25.5. The summed E-state index contributed by atoms with van der Waals surface area (Å²) >= 11 is 0. The predicted molar refractivity (Wildman–Crippen MR) is 49.5 cm³/mol. The van der Waals surface area contributed by atoms with Crippen molar-refractivity contribution in [1.29, 1.82) is 0 Å². The van der Waals surface area contributed by atoms with Crippen molar-refractivity contribution in [1.82, 2.24) is 0 Å². The summed E-state index contributed by atoms with van der Waals surface area (Å²) in [4.78, 5) is 22.4. The van der Waals surface area contributed by atoms with E-state index < -0.39 is 17.4 Å². The smallest absolute Gasteiger partial charge is 0.324 e. The van der Waals surface area contributed by atoms with Gasteiger partial charge in [0.25, 0.3) is 0 Å². The van der Waals surface area contributed by atoms with Crippen LogP contribution in [0.25, 0.3) is 0 Å². The van der Waals surface area contributed by atoms with Gasteiger partial charge in [-0.15, -0.1) is 0 Å². The largest absolute Gasteiger partial charge is 0.392 e. The highest BCUT2D eigenvalue weighted by atomic mass is 19.1. The van der Waals surface area contributed by atoms with Crippen LogP contribution in [-0.2, 0) is 19.7 Å². The molecule has 1 aliphatic rings. The maximum absolute atomic E-state index is 12.7. The van der Waals surface area contributed by atoms with E-state index in [0.29, 0.717) is 5.56 Å². The summed E-state index contributed by atoms with van der Waals surface area (Å²) in [5, 5.41) is 0. The first kappa shape index (κ1) is 9.83. The van der Waals surface area contributed by atoms with Crippen LogP contribution in [0.5, 0.6) is 0 Å². The van der Waals surface area contributed by atoms with E-state index in [0.717, 1.165) is 0 Å². The zero-order valence-electron chi connectivity index (χ0n) is 8.12. The molecule has 1 saturated heterocycles. The second-order valence-electron chi connectivity index (χ2n) is 3.78. The maximum atomic E-state index is 12.7. The summed E-state index contributed by atoms with van der Waals surface area (Å²) in [5.41, 5.74) is -0.370. The monoisotopic (exact) mass is 208 g/mol. The Morgan fingerprint density at radius 2 is 1.87 bits per heavy atom. The van der Waals surface area contributed by atoms with Crippen molar-refractivity contribution in [2.45, 2.75) is 18.8 Å². The van der Waals surface area contributed by atoms with E-state index in [4.69, 9.17) is 0 Å². The van der Waals surface area contributed by atoms with Gasteiger partial charge in [0, 0.05) is 0 Å². The van der Waals surface area contributed by atoms with Gasteiger partial charge in [0.05, 0.1) is 6.42 Å². The van der Waals surface area contributed by atoms with E-state index in [2.05, 4.69) is 4.74 Å². The summed E-state index contributed by atoms with van der Waals surface area (Å²) in [5.74, 6) is -1.48. The molecule has 2 rings (SSSR count). The molecule has 0 N–H and O–H groups in total. The number of benzene rings is 1. The zero-order valence-corrected chi connectivity index (χ0v) is 8.12. The van der Waals surface area contributed by atoms with Gasteiger partial charge in [0.2, 0.25) is 0 Å². The first-order valence-electron chi connectivity index (χ1n) is 4.53. The molecule has 1 fully saturated rings. The van der Waals surface area contributed by atoms with Crippen LogP contribution in [0.4, 0.5) is 4.39 Å². The SMILES string of the molecule is C[C@@]1(c2ccc(F)cc2)CC(=O)OC1=O. The molecule has 1 heterocycles. The molecule has 4 heteroatoms. The molecule has 1 atom stereocenters. The molecule has 0 aliphatic carbocycles. The van der Waals surface area contributed by atoms with Crippen LogP contribution in [0.3, 0.4) is 0 Å². The highest BCUT2D eigenvalue weighted by molar-refractivity contribution is 6.00. The molecular weight excluding hydrogens is 199 g/mol. The molecule has 1 aromatic rings. The van der Waals surface area contributed by atoms with Gasteiger partial charge in [-0.3, -0.25) is 9.59 Å². The molecule has 0 radical (unpaired) electrons. The number of cyclic esters (lactones) is 2. The number of halogens is 1. The first-order chi connectivity index (χ1) is 7.02. The molecule has 15 heavy (non-hydrogen) atoms. The Bertz CT molecular complexity index is 424. The van der Waals surface area contributed by atoms with Crippen LogP contribution >= 0.6 is 0 Å². The number of ether oxygens (including phenoxy) is 1. The number of rotatable bonds is 1. The number of esters is 2. The highest BCUT2D eigenvalue weighted by Gasteiger charge is 2.46. The third kappa shape index (κ3) is 1.52. The molecule has 78 valence electrons. The predicted octanol–water partition coefficient (Wildman–Crippen LogP) is 1.56. The zero-order chi connectivity index (χ0) is 11.1. The molecular formula is C11H9FO3. The lowest BCUT2D eigenvalue weighted by Crippen LogP contribution is -2.27. The van der Waals surface area contributed by atoms with Crippen molar-refractivity contribution in [3.63, 3.8) is 0 Å². The summed E-state index contributed by atoms with van der Waals surface area (Å²) in [6.45, 7) is 1.62. The van der Waals surface area contributed by atoms with Gasteiger partial charge in [-0.05, 0) is 24.6 Å². The molecule has 0 aromatic heterocycles. The third-order valence-corrected chi connectivity index (χ3v) is 2.64. The average molecular weight is 208 g/mol. The minimum absolute atomic E-state index is 0.0114. The van der Waals surface area contributed by atoms with Gasteiger partial charge in [0.1, 0.15) is 11.2 Å². The summed E-state index contributed by atoms with van der Waals surface area (Å²) in [6, 6.07) is 5.51. The van der Waals surface area contributed by atoms with Crippen LogP contribution < -0.4 is 0 Å². The molecule has 0 amide bonds.